The van der Waals surface area contributed by atoms with E-state index >= 15 is 0 Å². The number of aromatic hydroxyl groups is 1. The van der Waals surface area contributed by atoms with Crippen molar-refractivity contribution >= 4 is 30.6 Å². The van der Waals surface area contributed by atoms with Crippen molar-refractivity contribution in [1.29, 1.82) is 0 Å². The number of esters is 1. The monoisotopic (exact) mass is 533 g/mol. The number of benzene rings is 1. The maximum absolute atomic E-state index is 12.5. The summed E-state index contributed by atoms with van der Waals surface area (Å²) in [5.41, 5.74) is 7.42. The Hall–Kier alpha value is -2.26. The third kappa shape index (κ3) is 7.41. The molecular formula is C28H43N3O5S. The van der Waals surface area contributed by atoms with Gasteiger partial charge in [0.25, 0.3) is 0 Å². The second-order valence-corrected chi connectivity index (χ2v) is 11.2. The van der Waals surface area contributed by atoms with Crippen LogP contribution in [0.5, 0.6) is 5.75 Å². The van der Waals surface area contributed by atoms with E-state index in [0.29, 0.717) is 30.0 Å². The zero-order chi connectivity index (χ0) is 27.0. The Balaban J connectivity index is 0.000000568. The van der Waals surface area contributed by atoms with Gasteiger partial charge in [-0.25, -0.2) is 0 Å². The summed E-state index contributed by atoms with van der Waals surface area (Å²) in [6.45, 7) is 5.22. The lowest BCUT2D eigenvalue weighted by atomic mass is 9.55. The highest BCUT2D eigenvalue weighted by molar-refractivity contribution is 7.78. The molecular weight excluding hydrogens is 490 g/mol. The summed E-state index contributed by atoms with van der Waals surface area (Å²) in [6, 6.07) is 5.89. The van der Waals surface area contributed by atoms with E-state index < -0.39 is 5.91 Å². The molecule has 9 heteroatoms. The Morgan fingerprint density at radius 2 is 1.97 bits per heavy atom. The fraction of sp³-hybridized carbons (Fsp3) is 0.679. The van der Waals surface area contributed by atoms with Gasteiger partial charge in [0.2, 0.25) is 11.8 Å². The maximum Gasteiger partial charge on any atom is 0.306 e. The molecule has 4 rings (SSSR count). The normalized spacial score (nSPS) is 27.5. The fourth-order valence-electron chi connectivity index (χ4n) is 6.72. The predicted octanol–water partition coefficient (Wildman–Crippen LogP) is 3.76. The van der Waals surface area contributed by atoms with Gasteiger partial charge >= 0.3 is 5.97 Å². The maximum atomic E-state index is 12.5. The van der Waals surface area contributed by atoms with Gasteiger partial charge < -0.3 is 20.9 Å². The summed E-state index contributed by atoms with van der Waals surface area (Å²) >= 11 is 3.51. The number of fused-ring (bicyclic) bond motifs is 5. The molecule has 3 aliphatic rings. The number of ether oxygens (including phenoxy) is 1. The molecule has 0 spiro atoms. The number of unbranched alkanes of at least 4 members (excludes halogenated alkanes) is 1. The molecule has 0 aromatic heterocycles. The second kappa shape index (κ2) is 13.5. The van der Waals surface area contributed by atoms with Crippen molar-refractivity contribution in [1.82, 2.24) is 10.0 Å². The minimum absolute atomic E-state index is 0.0321. The fourth-order valence-corrected chi connectivity index (χ4v) is 6.87. The van der Waals surface area contributed by atoms with E-state index in [1.165, 1.54) is 11.1 Å². The molecule has 5 unspecified atom stereocenters. The molecule has 2 amide bonds. The van der Waals surface area contributed by atoms with Gasteiger partial charge in [-0.2, -0.15) is 0 Å². The molecule has 5 atom stereocenters. The van der Waals surface area contributed by atoms with Crippen molar-refractivity contribution in [3.63, 3.8) is 0 Å². The van der Waals surface area contributed by atoms with Gasteiger partial charge in [0.15, 0.2) is 0 Å². The van der Waals surface area contributed by atoms with E-state index in [-0.39, 0.29) is 42.8 Å². The molecule has 5 N–H and O–H groups in total. The van der Waals surface area contributed by atoms with Crippen molar-refractivity contribution in [2.75, 3.05) is 13.1 Å². The van der Waals surface area contributed by atoms with Crippen LogP contribution in [0.3, 0.4) is 0 Å². The zero-order valence-corrected chi connectivity index (χ0v) is 23.0. The molecule has 1 aromatic carbocycles. The number of thiol groups is 1. The van der Waals surface area contributed by atoms with Crippen LogP contribution in [0.4, 0.5) is 0 Å². The van der Waals surface area contributed by atoms with Crippen LogP contribution < -0.4 is 15.8 Å². The van der Waals surface area contributed by atoms with Crippen LogP contribution >= 0.6 is 12.8 Å². The number of carbonyl (C=O) groups excluding carboxylic acids is 3. The van der Waals surface area contributed by atoms with E-state index in [4.69, 9.17) is 4.74 Å². The van der Waals surface area contributed by atoms with Crippen molar-refractivity contribution in [3.05, 3.63) is 29.3 Å². The summed E-state index contributed by atoms with van der Waals surface area (Å²) in [7, 11) is 0. The lowest BCUT2D eigenvalue weighted by Crippen LogP contribution is -2.45. The van der Waals surface area contributed by atoms with E-state index in [1.54, 1.807) is 0 Å². The number of hydrogen-bond donors (Lipinski definition) is 5. The van der Waals surface area contributed by atoms with Crippen molar-refractivity contribution in [3.8, 4) is 5.75 Å². The lowest BCUT2D eigenvalue weighted by Gasteiger charge is -2.50. The van der Waals surface area contributed by atoms with Gasteiger partial charge in [-0.15, -0.1) is 0 Å². The molecule has 1 aromatic rings. The summed E-state index contributed by atoms with van der Waals surface area (Å²) in [6.07, 6.45) is 8.75. The molecule has 206 valence electrons. The standard InChI is InChI=1S/C26H37NO4.C2H6N2OS/c1-3-4-15-27-24(29)11-12-25(30)31-23-10-9-22-21-7-5-17-16-18(28)6-8-19(17)20(21)13-14-26(22,23)2;3-2(5)1-4-6/h6,8,16,20-23,28H,3-5,7,9-15H2,1-2H3,(H,27,29);4,6H,1H2,(H2,3,5). The smallest absolute Gasteiger partial charge is 0.306 e. The third-order valence-corrected chi connectivity index (χ3v) is 8.72. The van der Waals surface area contributed by atoms with Crippen molar-refractivity contribution < 1.29 is 24.2 Å². The largest absolute Gasteiger partial charge is 0.508 e. The Bertz CT molecular complexity index is 958. The summed E-state index contributed by atoms with van der Waals surface area (Å²) < 4.78 is 8.26. The van der Waals surface area contributed by atoms with Crippen molar-refractivity contribution in [2.45, 2.75) is 90.1 Å². The van der Waals surface area contributed by atoms with E-state index in [1.807, 2.05) is 12.1 Å². The van der Waals surface area contributed by atoms with Gasteiger partial charge in [-0.1, -0.05) is 39.1 Å². The molecule has 2 saturated carbocycles. The first-order chi connectivity index (χ1) is 17.7. The van der Waals surface area contributed by atoms with E-state index in [2.05, 4.69) is 48.5 Å². The van der Waals surface area contributed by atoms with Crippen LogP contribution in [-0.2, 0) is 25.5 Å². The van der Waals surface area contributed by atoms with Crippen LogP contribution in [0.2, 0.25) is 0 Å². The number of nitrogens with one attached hydrogen (secondary N) is 2. The first kappa shape index (κ1) is 29.3. The average molecular weight is 534 g/mol. The molecule has 8 nitrogen and oxygen atoms in total. The highest BCUT2D eigenvalue weighted by Gasteiger charge is 2.56. The number of carbonyl (C=O) groups is 3. The molecule has 0 aliphatic heterocycles. The Labute approximate surface area is 226 Å². The van der Waals surface area contributed by atoms with Crippen molar-refractivity contribution in [2.24, 2.45) is 23.0 Å². The number of hydrogen-bond acceptors (Lipinski definition) is 7. The Morgan fingerprint density at radius 3 is 2.65 bits per heavy atom. The highest BCUT2D eigenvalue weighted by atomic mass is 32.1. The minimum atomic E-state index is -0.398. The number of nitrogens with two attached hydrogens (primary N) is 1. The van der Waals surface area contributed by atoms with Crippen LogP contribution in [0.15, 0.2) is 18.2 Å². The van der Waals surface area contributed by atoms with Crippen LogP contribution in [-0.4, -0.2) is 42.1 Å². The predicted molar refractivity (Wildman–Crippen MR) is 146 cm³/mol. The van der Waals surface area contributed by atoms with Crippen LogP contribution in [0, 0.1) is 17.3 Å². The third-order valence-electron chi connectivity index (χ3n) is 8.56. The first-order valence-corrected chi connectivity index (χ1v) is 14.1. The number of aryl methyl sites for hydroxylation is 1. The van der Waals surface area contributed by atoms with Gasteiger partial charge in [-0.3, -0.25) is 19.1 Å². The number of amides is 2. The number of phenols is 1. The van der Waals surface area contributed by atoms with Gasteiger partial charge in [0.1, 0.15) is 11.9 Å². The number of primary amides is 1. The average Bonchev–Trinajstić information content (AvgIpc) is 3.19. The van der Waals surface area contributed by atoms with E-state index in [0.717, 1.165) is 51.4 Å². The number of phenolic OH excluding ortho intramolecular Hbond substituents is 1. The quantitative estimate of drug-likeness (QED) is 0.187. The topological polar surface area (TPSA) is 131 Å². The lowest BCUT2D eigenvalue weighted by molar-refractivity contribution is -0.158. The molecule has 0 saturated heterocycles. The minimum Gasteiger partial charge on any atom is -0.508 e. The molecule has 2 fully saturated rings. The van der Waals surface area contributed by atoms with E-state index in [9.17, 15) is 19.5 Å². The molecule has 0 heterocycles. The summed E-state index contributed by atoms with van der Waals surface area (Å²) in [4.78, 5) is 34.1. The molecule has 3 aliphatic carbocycles. The highest BCUT2D eigenvalue weighted by Crippen LogP contribution is 2.61. The van der Waals surface area contributed by atoms with Crippen LogP contribution in [0.1, 0.15) is 88.7 Å². The van der Waals surface area contributed by atoms with Gasteiger partial charge in [-0.05, 0) is 86.0 Å². The van der Waals surface area contributed by atoms with Gasteiger partial charge in [0, 0.05) is 18.4 Å². The SMILES string of the molecule is CCCCNC(=O)CCC(=O)OC1CCC2C3CCc4cc(O)ccc4C3CCC12C.NC(=O)CNS. The summed E-state index contributed by atoms with van der Waals surface area (Å²) in [5.74, 6) is 1.43. The second-order valence-electron chi connectivity index (χ2n) is 10.9. The first-order valence-electron chi connectivity index (χ1n) is 13.6. The van der Waals surface area contributed by atoms with Gasteiger partial charge in [0.05, 0.1) is 13.0 Å². The molecule has 37 heavy (non-hydrogen) atoms. The Morgan fingerprint density at radius 1 is 1.19 bits per heavy atom. The zero-order valence-electron chi connectivity index (χ0n) is 22.1. The van der Waals surface area contributed by atoms with Crippen LogP contribution in [0.25, 0.3) is 0 Å². The summed E-state index contributed by atoms with van der Waals surface area (Å²) in [5, 5.41) is 12.7. The Kier molecular flexibility index (Phi) is 10.7. The molecule has 0 bridgehead atoms. The number of rotatable bonds is 9. The molecule has 0 radical (unpaired) electrons.